The Hall–Kier alpha value is -2.89. The number of ether oxygens (including phenoxy) is 2. The predicted molar refractivity (Wildman–Crippen MR) is 105 cm³/mol. The molecule has 3 rings (SSSR count). The van der Waals surface area contributed by atoms with Gasteiger partial charge in [0.2, 0.25) is 6.29 Å². The highest BCUT2D eigenvalue weighted by molar-refractivity contribution is 6.01. The lowest BCUT2D eigenvalue weighted by Gasteiger charge is -2.39. The summed E-state index contributed by atoms with van der Waals surface area (Å²) >= 11 is 0. The highest BCUT2D eigenvalue weighted by Gasteiger charge is 2.44. The number of rotatable bonds is 7. The van der Waals surface area contributed by atoms with Crippen LogP contribution in [0.5, 0.6) is 23.0 Å². The number of carbonyl (C=O) groups is 1. The van der Waals surface area contributed by atoms with Crippen LogP contribution in [-0.2, 0) is 11.2 Å². The van der Waals surface area contributed by atoms with Gasteiger partial charge in [0.15, 0.2) is 5.78 Å². The van der Waals surface area contributed by atoms with Crippen LogP contribution in [0, 0.1) is 0 Å². The number of Topliss-reactive ketones (excluding diaryl/α,β-unsaturated/α-hetero) is 1. The van der Waals surface area contributed by atoms with Crippen LogP contribution in [0.3, 0.4) is 0 Å². The fraction of sp³-hybridized carbons (Fsp3) is 0.381. The summed E-state index contributed by atoms with van der Waals surface area (Å²) in [7, 11) is 0. The highest BCUT2D eigenvalue weighted by atomic mass is 16.7. The Morgan fingerprint density at radius 3 is 2.13 bits per heavy atom. The van der Waals surface area contributed by atoms with Gasteiger partial charge in [-0.25, -0.2) is 0 Å². The monoisotopic (exact) mass is 436 g/mol. The zero-order valence-electron chi connectivity index (χ0n) is 16.3. The number of hydrogen-bond donors (Lipinski definition) is 7. The molecule has 1 unspecified atom stereocenters. The summed E-state index contributed by atoms with van der Waals surface area (Å²) in [6.07, 6.45) is -6.66. The summed E-state index contributed by atoms with van der Waals surface area (Å²) in [6, 6.07) is 8.36. The molecule has 0 bridgehead atoms. The Morgan fingerprint density at radius 1 is 0.935 bits per heavy atom. The van der Waals surface area contributed by atoms with Gasteiger partial charge in [-0.1, -0.05) is 12.1 Å². The lowest BCUT2D eigenvalue weighted by Crippen LogP contribution is -2.60. The van der Waals surface area contributed by atoms with E-state index in [1.807, 2.05) is 0 Å². The molecule has 0 saturated carbocycles. The van der Waals surface area contributed by atoms with Crippen molar-refractivity contribution in [1.82, 2.24) is 0 Å². The van der Waals surface area contributed by atoms with Gasteiger partial charge in [0.1, 0.15) is 53.0 Å². The van der Waals surface area contributed by atoms with E-state index in [2.05, 4.69) is 0 Å². The molecule has 1 heterocycles. The van der Waals surface area contributed by atoms with Crippen LogP contribution < -0.4 is 4.74 Å². The number of hydrogen-bond acceptors (Lipinski definition) is 10. The van der Waals surface area contributed by atoms with Gasteiger partial charge in [-0.05, 0) is 24.1 Å². The highest BCUT2D eigenvalue weighted by Crippen LogP contribution is 2.33. The molecule has 10 heteroatoms. The molecule has 1 aliphatic heterocycles. The number of benzene rings is 2. The number of phenolic OH excluding ortho intramolecular Hbond substituents is 3. The third kappa shape index (κ3) is 5.06. The Bertz CT molecular complexity index is 888. The normalized spacial score (nSPS) is 25.9. The van der Waals surface area contributed by atoms with Crippen molar-refractivity contribution in [1.29, 1.82) is 0 Å². The largest absolute Gasteiger partial charge is 0.508 e. The average Bonchev–Trinajstić information content (AvgIpc) is 2.73. The molecule has 10 nitrogen and oxygen atoms in total. The molecule has 168 valence electrons. The molecular formula is C21H24O10. The van der Waals surface area contributed by atoms with E-state index in [1.165, 1.54) is 0 Å². The lowest BCUT2D eigenvalue weighted by molar-refractivity contribution is -0.277. The Labute approximate surface area is 177 Å². The molecule has 1 aliphatic rings. The van der Waals surface area contributed by atoms with E-state index >= 15 is 0 Å². The Balaban J connectivity index is 1.60. The summed E-state index contributed by atoms with van der Waals surface area (Å²) in [5.74, 6) is -1.59. The van der Waals surface area contributed by atoms with Crippen LogP contribution >= 0.6 is 0 Å². The summed E-state index contributed by atoms with van der Waals surface area (Å²) in [5.41, 5.74) is 0.479. The molecular weight excluding hydrogens is 412 g/mol. The second-order valence-electron chi connectivity index (χ2n) is 7.24. The molecule has 0 radical (unpaired) electrons. The van der Waals surface area contributed by atoms with Crippen LogP contribution in [0.15, 0.2) is 36.4 Å². The van der Waals surface area contributed by atoms with Crippen LogP contribution in [0.1, 0.15) is 22.3 Å². The number of aliphatic hydroxyl groups excluding tert-OH is 4. The predicted octanol–water partition coefficient (Wildman–Crippen LogP) is -0.202. The third-order valence-electron chi connectivity index (χ3n) is 5.03. The number of carbonyl (C=O) groups excluding carboxylic acids is 1. The van der Waals surface area contributed by atoms with Gasteiger partial charge in [-0.2, -0.15) is 0 Å². The minimum absolute atomic E-state index is 0.0151. The standard InChI is InChI=1S/C21H24O10/c22-9-16-18(27)19(28)20(29)21(31-16)30-12-4-1-10(2-5-12)3-6-13(24)17-14(25)7-11(23)8-15(17)26/h1-2,4-5,7-8,16,18-23,25-29H,3,6,9H2/t16-,18-,19+,20-,21?/m1/s1. The molecule has 1 saturated heterocycles. The molecule has 0 spiro atoms. The van der Waals surface area contributed by atoms with Gasteiger partial charge in [0.05, 0.1) is 6.61 Å². The first-order valence-electron chi connectivity index (χ1n) is 9.55. The van der Waals surface area contributed by atoms with E-state index in [-0.39, 0.29) is 23.5 Å². The van der Waals surface area contributed by atoms with Crippen LogP contribution in [0.2, 0.25) is 0 Å². The summed E-state index contributed by atoms with van der Waals surface area (Å²) in [4.78, 5) is 12.3. The van der Waals surface area contributed by atoms with Crippen molar-refractivity contribution in [2.75, 3.05) is 6.61 Å². The molecule has 2 aromatic carbocycles. The first kappa shape index (κ1) is 22.8. The van der Waals surface area contributed by atoms with Crippen LogP contribution in [0.25, 0.3) is 0 Å². The van der Waals surface area contributed by atoms with Crippen molar-refractivity contribution < 1.29 is 50.0 Å². The molecule has 0 aliphatic carbocycles. The SMILES string of the molecule is O=C(CCc1ccc(OC2O[C@H](CO)[C@@H](O)[C@H](O)[C@H]2O)cc1)c1c(O)cc(O)cc1O. The van der Waals surface area contributed by atoms with E-state index < -0.39 is 54.6 Å². The van der Waals surface area contributed by atoms with Crippen LogP contribution in [-0.4, -0.2) is 78.8 Å². The fourth-order valence-corrected chi connectivity index (χ4v) is 3.30. The minimum Gasteiger partial charge on any atom is -0.508 e. The molecule has 7 N–H and O–H groups in total. The molecule has 5 atom stereocenters. The number of phenols is 3. The van der Waals surface area contributed by atoms with E-state index in [1.54, 1.807) is 24.3 Å². The summed E-state index contributed by atoms with van der Waals surface area (Å²) in [5, 5.41) is 67.7. The van der Waals surface area contributed by atoms with Crippen molar-refractivity contribution in [2.24, 2.45) is 0 Å². The van der Waals surface area contributed by atoms with E-state index in [0.717, 1.165) is 17.7 Å². The van der Waals surface area contributed by atoms with Gasteiger partial charge >= 0.3 is 0 Å². The van der Waals surface area contributed by atoms with Gasteiger partial charge in [-0.3, -0.25) is 4.79 Å². The first-order valence-corrected chi connectivity index (χ1v) is 9.55. The summed E-state index contributed by atoms with van der Waals surface area (Å²) < 4.78 is 10.8. The number of ketones is 1. The van der Waals surface area contributed by atoms with Gasteiger partial charge in [-0.15, -0.1) is 0 Å². The maximum absolute atomic E-state index is 12.3. The quantitative estimate of drug-likeness (QED) is 0.288. The smallest absolute Gasteiger partial charge is 0.229 e. The van der Waals surface area contributed by atoms with Crippen molar-refractivity contribution in [3.8, 4) is 23.0 Å². The number of aliphatic hydroxyl groups is 4. The first-order chi connectivity index (χ1) is 14.7. The average molecular weight is 436 g/mol. The maximum atomic E-state index is 12.3. The van der Waals surface area contributed by atoms with Crippen molar-refractivity contribution in [2.45, 2.75) is 43.5 Å². The van der Waals surface area contributed by atoms with Gasteiger partial charge in [0, 0.05) is 18.6 Å². The van der Waals surface area contributed by atoms with Gasteiger partial charge in [0.25, 0.3) is 0 Å². The second-order valence-corrected chi connectivity index (χ2v) is 7.24. The number of aryl methyl sites for hydroxylation is 1. The van der Waals surface area contributed by atoms with E-state index in [4.69, 9.17) is 9.47 Å². The Kier molecular flexibility index (Phi) is 6.98. The molecule has 31 heavy (non-hydrogen) atoms. The second kappa shape index (κ2) is 9.50. The van der Waals surface area contributed by atoms with Crippen molar-refractivity contribution in [3.05, 3.63) is 47.5 Å². The molecule has 2 aromatic rings. The van der Waals surface area contributed by atoms with Crippen molar-refractivity contribution in [3.63, 3.8) is 0 Å². The Morgan fingerprint density at radius 2 is 1.55 bits per heavy atom. The van der Waals surface area contributed by atoms with Crippen LogP contribution in [0.4, 0.5) is 0 Å². The molecule has 0 amide bonds. The zero-order chi connectivity index (χ0) is 22.7. The maximum Gasteiger partial charge on any atom is 0.229 e. The topological polar surface area (TPSA) is 177 Å². The van der Waals surface area contributed by atoms with Gasteiger partial charge < -0.3 is 45.2 Å². The molecule has 0 aromatic heterocycles. The fourth-order valence-electron chi connectivity index (χ4n) is 3.30. The zero-order valence-corrected chi connectivity index (χ0v) is 16.3. The van der Waals surface area contributed by atoms with Crippen molar-refractivity contribution >= 4 is 5.78 Å². The van der Waals surface area contributed by atoms with E-state index in [0.29, 0.717) is 6.42 Å². The lowest BCUT2D eigenvalue weighted by atomic mass is 9.99. The molecule has 1 fully saturated rings. The number of aromatic hydroxyl groups is 3. The van der Waals surface area contributed by atoms with E-state index in [9.17, 15) is 40.5 Å². The summed E-state index contributed by atoms with van der Waals surface area (Å²) in [6.45, 7) is -0.566. The third-order valence-corrected chi connectivity index (χ3v) is 5.03. The minimum atomic E-state index is -1.55.